The number of hydrogen-bond donors (Lipinski definition) is 4. The average Bonchev–Trinajstić information content (AvgIpc) is 2.96. The Hall–Kier alpha value is -3.84. The van der Waals surface area contributed by atoms with Gasteiger partial charge in [0.1, 0.15) is 0 Å². The van der Waals surface area contributed by atoms with Crippen molar-refractivity contribution < 1.29 is 19.2 Å². The first-order valence-corrected chi connectivity index (χ1v) is 15.5. The molecule has 236 valence electrons. The first kappa shape index (κ1) is 31.6. The van der Waals surface area contributed by atoms with Gasteiger partial charge in [-0.1, -0.05) is 48.5 Å². The molecule has 4 N–H and O–H groups in total. The highest BCUT2D eigenvalue weighted by molar-refractivity contribution is 5.82. The zero-order valence-corrected chi connectivity index (χ0v) is 25.4. The third kappa shape index (κ3) is 10.1. The van der Waals surface area contributed by atoms with Gasteiger partial charge in [-0.3, -0.25) is 38.8 Å². The molecular weight excluding hydrogens is 560 g/mol. The summed E-state index contributed by atoms with van der Waals surface area (Å²) in [6.07, 6.45) is 0. The number of hydrogen-bond acceptors (Lipinski definition) is 8. The van der Waals surface area contributed by atoms with Gasteiger partial charge in [-0.05, 0) is 22.3 Å². The van der Waals surface area contributed by atoms with E-state index in [1.807, 2.05) is 40.1 Å². The van der Waals surface area contributed by atoms with Crippen LogP contribution in [0.5, 0.6) is 0 Å². The predicted octanol–water partition coefficient (Wildman–Crippen LogP) is -0.900. The van der Waals surface area contributed by atoms with Gasteiger partial charge in [-0.15, -0.1) is 0 Å². The minimum Gasteiger partial charge on any atom is -0.354 e. The molecule has 2 fully saturated rings. The van der Waals surface area contributed by atoms with Crippen molar-refractivity contribution in [1.82, 2.24) is 40.9 Å². The van der Waals surface area contributed by atoms with Crippen LogP contribution in [0.15, 0.2) is 48.5 Å². The SMILES string of the molecule is O=C1CN2CC(=O)NCCN(CCN1)Cc1cccc(c1)CN1CCNC(=O)CN(CC(=O)NCC1)Cc1ccc(cc1)C2. The maximum atomic E-state index is 12.9. The van der Waals surface area contributed by atoms with Crippen LogP contribution in [0.3, 0.4) is 0 Å². The van der Waals surface area contributed by atoms with Crippen molar-refractivity contribution in [1.29, 1.82) is 0 Å². The third-order valence-electron chi connectivity index (χ3n) is 8.11. The fraction of sp³-hybridized carbons (Fsp3) is 0.500. The summed E-state index contributed by atoms with van der Waals surface area (Å²) in [5, 5.41) is 12.2. The average molecular weight is 605 g/mol. The highest BCUT2D eigenvalue weighted by Crippen LogP contribution is 2.13. The quantitative estimate of drug-likeness (QED) is 0.305. The Labute approximate surface area is 259 Å². The lowest BCUT2D eigenvalue weighted by Crippen LogP contribution is -2.47. The molecule has 8 bridgehead atoms. The lowest BCUT2D eigenvalue weighted by Gasteiger charge is -2.27. The van der Waals surface area contributed by atoms with E-state index in [0.717, 1.165) is 22.3 Å². The smallest absolute Gasteiger partial charge is 0.234 e. The van der Waals surface area contributed by atoms with Gasteiger partial charge in [-0.25, -0.2) is 0 Å². The van der Waals surface area contributed by atoms with E-state index in [-0.39, 0.29) is 49.8 Å². The minimum absolute atomic E-state index is 0.111. The van der Waals surface area contributed by atoms with Crippen LogP contribution in [-0.2, 0) is 45.4 Å². The van der Waals surface area contributed by atoms with E-state index in [2.05, 4.69) is 49.3 Å². The molecule has 12 nitrogen and oxygen atoms in total. The fourth-order valence-electron chi connectivity index (χ4n) is 5.93. The van der Waals surface area contributed by atoms with Crippen molar-refractivity contribution in [2.75, 3.05) is 78.5 Å². The van der Waals surface area contributed by atoms with Gasteiger partial charge in [0.15, 0.2) is 0 Å². The van der Waals surface area contributed by atoms with Gasteiger partial charge in [0.2, 0.25) is 23.6 Å². The van der Waals surface area contributed by atoms with Crippen molar-refractivity contribution in [2.45, 2.75) is 26.2 Å². The van der Waals surface area contributed by atoms with Crippen LogP contribution in [0.25, 0.3) is 0 Å². The second-order valence-corrected chi connectivity index (χ2v) is 11.9. The first-order chi connectivity index (χ1) is 21.4. The molecule has 12 heteroatoms. The van der Waals surface area contributed by atoms with E-state index < -0.39 is 0 Å². The zero-order valence-electron chi connectivity index (χ0n) is 25.4. The van der Waals surface area contributed by atoms with Crippen molar-refractivity contribution in [3.05, 3.63) is 70.8 Å². The summed E-state index contributed by atoms with van der Waals surface area (Å²) in [5.74, 6) is -0.443. The number of rotatable bonds is 0. The van der Waals surface area contributed by atoms with E-state index >= 15 is 0 Å². The molecule has 2 aromatic rings. The number of carbonyl (C=O) groups is 4. The second-order valence-electron chi connectivity index (χ2n) is 11.9. The minimum atomic E-state index is -0.111. The Balaban J connectivity index is 1.42. The molecule has 0 saturated carbocycles. The summed E-state index contributed by atoms with van der Waals surface area (Å²) in [4.78, 5) is 59.6. The van der Waals surface area contributed by atoms with Crippen LogP contribution in [0.2, 0.25) is 0 Å². The summed E-state index contributed by atoms with van der Waals surface area (Å²) >= 11 is 0. The standard InChI is InChI=1S/C32H44N8O4/c41-29-21-39-17-25-4-6-26(7-5-25)18-40-23-31(43)35-10-14-38(15-11-36-32(44)24-40)20-28-3-1-2-27(16-28)19-37(12-8-33-29)13-9-34-30(42)22-39/h1-7,16H,8-15,17-24H2,(H,33,41)(H,34,42)(H,35,43)(H,36,44). The van der Waals surface area contributed by atoms with Crippen LogP contribution in [0.4, 0.5) is 0 Å². The Kier molecular flexibility index (Phi) is 11.3. The van der Waals surface area contributed by atoms with Gasteiger partial charge in [0.25, 0.3) is 0 Å². The monoisotopic (exact) mass is 604 g/mol. The topological polar surface area (TPSA) is 129 Å². The van der Waals surface area contributed by atoms with Crippen LogP contribution in [0, 0.1) is 0 Å². The second kappa shape index (κ2) is 15.8. The number of nitrogens with zero attached hydrogens (tertiary/aromatic N) is 4. The Bertz CT molecular complexity index is 1160. The highest BCUT2D eigenvalue weighted by atomic mass is 16.2. The summed E-state index contributed by atoms with van der Waals surface area (Å²) < 4.78 is 0. The van der Waals surface area contributed by atoms with Gasteiger partial charge in [0, 0.05) is 78.5 Å². The molecule has 2 saturated heterocycles. The lowest BCUT2D eigenvalue weighted by molar-refractivity contribution is -0.127. The van der Waals surface area contributed by atoms with E-state index in [1.165, 1.54) is 0 Å². The van der Waals surface area contributed by atoms with Crippen molar-refractivity contribution in [3.8, 4) is 0 Å². The van der Waals surface area contributed by atoms with Crippen molar-refractivity contribution in [3.63, 3.8) is 0 Å². The van der Waals surface area contributed by atoms with E-state index in [1.54, 1.807) is 0 Å². The normalized spacial score (nSPS) is 26.5. The largest absolute Gasteiger partial charge is 0.354 e. The maximum absolute atomic E-state index is 12.9. The molecule has 0 radical (unpaired) electrons. The highest BCUT2D eigenvalue weighted by Gasteiger charge is 2.20. The van der Waals surface area contributed by atoms with E-state index in [0.29, 0.717) is 78.5 Å². The summed E-state index contributed by atoms with van der Waals surface area (Å²) in [7, 11) is 0. The van der Waals surface area contributed by atoms with Crippen LogP contribution in [-0.4, -0.2) is 122 Å². The number of benzene rings is 2. The molecule has 8 aliphatic heterocycles. The molecule has 0 aromatic heterocycles. The summed E-state index contributed by atoms with van der Waals surface area (Å²) in [6, 6.07) is 16.3. The molecule has 0 spiro atoms. The number of nitrogens with one attached hydrogen (secondary N) is 4. The Morgan fingerprint density at radius 2 is 0.705 bits per heavy atom. The number of carbonyl (C=O) groups excluding carboxylic acids is 4. The molecule has 8 heterocycles. The lowest BCUT2D eigenvalue weighted by atomic mass is 10.1. The van der Waals surface area contributed by atoms with Crippen LogP contribution < -0.4 is 21.3 Å². The molecule has 4 amide bonds. The zero-order chi connectivity index (χ0) is 30.7. The summed E-state index contributed by atoms with van der Waals surface area (Å²) in [6.45, 7) is 7.46. The van der Waals surface area contributed by atoms with Gasteiger partial charge < -0.3 is 21.3 Å². The van der Waals surface area contributed by atoms with E-state index in [4.69, 9.17) is 0 Å². The molecule has 0 aliphatic carbocycles. The van der Waals surface area contributed by atoms with Crippen molar-refractivity contribution in [2.24, 2.45) is 0 Å². The predicted molar refractivity (Wildman–Crippen MR) is 166 cm³/mol. The van der Waals surface area contributed by atoms with Crippen LogP contribution in [0.1, 0.15) is 22.3 Å². The summed E-state index contributed by atoms with van der Waals surface area (Å²) in [5.41, 5.74) is 4.22. The van der Waals surface area contributed by atoms with Crippen molar-refractivity contribution >= 4 is 23.6 Å². The Morgan fingerprint density at radius 3 is 1.05 bits per heavy atom. The van der Waals surface area contributed by atoms with E-state index in [9.17, 15) is 19.2 Å². The van der Waals surface area contributed by atoms with Crippen LogP contribution >= 0.6 is 0 Å². The third-order valence-corrected chi connectivity index (χ3v) is 8.11. The molecule has 0 unspecified atom stereocenters. The fourth-order valence-corrected chi connectivity index (χ4v) is 5.93. The first-order valence-electron chi connectivity index (χ1n) is 15.5. The van der Waals surface area contributed by atoms with Gasteiger partial charge in [-0.2, -0.15) is 0 Å². The maximum Gasteiger partial charge on any atom is 0.234 e. The van der Waals surface area contributed by atoms with Gasteiger partial charge in [0.05, 0.1) is 26.2 Å². The van der Waals surface area contributed by atoms with Gasteiger partial charge >= 0.3 is 0 Å². The molecule has 44 heavy (non-hydrogen) atoms. The Morgan fingerprint density at radius 1 is 0.386 bits per heavy atom. The molecule has 0 atom stereocenters. The molecule has 10 rings (SSSR count). The molecule has 8 aliphatic rings. The molecular formula is C32H44N8O4. The number of amides is 4. The molecule has 2 aromatic carbocycles.